The average molecular weight is 287 g/mol. The third-order valence-electron chi connectivity index (χ3n) is 3.22. The fourth-order valence-corrected chi connectivity index (χ4v) is 3.24. The molecule has 0 saturated carbocycles. The van der Waals surface area contributed by atoms with Crippen molar-refractivity contribution in [3.05, 3.63) is 35.4 Å². The van der Waals surface area contributed by atoms with Gasteiger partial charge in [-0.3, -0.25) is 4.79 Å². The predicted octanol–water partition coefficient (Wildman–Crippen LogP) is 2.01. The molecule has 1 aromatic rings. The van der Waals surface area contributed by atoms with Gasteiger partial charge in [-0.1, -0.05) is 12.1 Å². The Morgan fingerprint density at radius 1 is 1.53 bits per heavy atom. The summed E-state index contributed by atoms with van der Waals surface area (Å²) in [5, 5.41) is 12.6. The summed E-state index contributed by atoms with van der Waals surface area (Å²) in [4.78, 5) is 12.0. The van der Waals surface area contributed by atoms with E-state index in [4.69, 9.17) is 0 Å². The lowest BCUT2D eigenvalue weighted by molar-refractivity contribution is -0.138. The van der Waals surface area contributed by atoms with E-state index in [1.807, 2.05) is 0 Å². The number of hydrogen-bond donors (Lipinski definition) is 2. The van der Waals surface area contributed by atoms with E-state index in [-0.39, 0.29) is 5.56 Å². The third kappa shape index (κ3) is 2.90. The fourth-order valence-electron chi connectivity index (χ4n) is 2.00. The molecule has 1 aliphatic heterocycles. The molecule has 1 fully saturated rings. The minimum Gasteiger partial charge on any atom is -0.379 e. The van der Waals surface area contributed by atoms with Gasteiger partial charge in [0, 0.05) is 11.3 Å². The molecule has 1 aliphatic rings. The zero-order valence-electron chi connectivity index (χ0n) is 10.5. The van der Waals surface area contributed by atoms with Crippen molar-refractivity contribution in [1.82, 2.24) is 5.32 Å². The Labute approximate surface area is 114 Å². The molecular weight excluding hydrogens is 272 g/mol. The highest BCUT2D eigenvalue weighted by Crippen LogP contribution is 2.29. The van der Waals surface area contributed by atoms with Crippen molar-refractivity contribution in [2.75, 3.05) is 11.5 Å². The Morgan fingerprint density at radius 2 is 2.26 bits per heavy atom. The first-order chi connectivity index (χ1) is 8.94. The smallest absolute Gasteiger partial charge is 0.253 e. The zero-order chi connectivity index (χ0) is 14.0. The van der Waals surface area contributed by atoms with Crippen LogP contribution in [0.15, 0.2) is 18.2 Å². The summed E-state index contributed by atoms with van der Waals surface area (Å²) in [5.74, 6) is -1.41. The van der Waals surface area contributed by atoms with Gasteiger partial charge >= 0.3 is 0 Å². The van der Waals surface area contributed by atoms with E-state index in [1.165, 1.54) is 23.9 Å². The van der Waals surface area contributed by atoms with E-state index in [9.17, 15) is 18.7 Å². The zero-order valence-corrected chi connectivity index (χ0v) is 11.3. The van der Waals surface area contributed by atoms with E-state index in [0.717, 1.165) is 6.07 Å². The van der Waals surface area contributed by atoms with Gasteiger partial charge in [-0.05, 0) is 25.2 Å². The topological polar surface area (TPSA) is 49.3 Å². The monoisotopic (exact) mass is 287 g/mol. The molecule has 0 radical (unpaired) electrons. The van der Waals surface area contributed by atoms with E-state index in [0.29, 0.717) is 17.9 Å². The molecule has 0 spiro atoms. The number of amides is 1. The molecule has 2 N–H and O–H groups in total. The maximum absolute atomic E-state index is 13.6. The summed E-state index contributed by atoms with van der Waals surface area (Å²) in [6, 6.07) is 3.12. The Morgan fingerprint density at radius 3 is 2.89 bits per heavy atom. The van der Waals surface area contributed by atoms with Crippen molar-refractivity contribution in [2.45, 2.75) is 25.0 Å². The first kappa shape index (κ1) is 14.3. The molecule has 19 heavy (non-hydrogen) atoms. The number of benzene rings is 1. The summed E-state index contributed by atoms with van der Waals surface area (Å²) >= 11 is 1.49. The van der Waals surface area contributed by atoms with Crippen LogP contribution in [0.3, 0.4) is 0 Å². The SMILES string of the molecule is CC(NC(=O)C1(O)CCSC1)c1cccc(F)c1F. The third-order valence-corrected chi connectivity index (χ3v) is 4.39. The lowest BCUT2D eigenvalue weighted by Gasteiger charge is -2.23. The normalized spacial score (nSPS) is 24.2. The molecule has 2 atom stereocenters. The van der Waals surface area contributed by atoms with Gasteiger partial charge in [-0.15, -0.1) is 0 Å². The maximum atomic E-state index is 13.6. The van der Waals surface area contributed by atoms with Crippen LogP contribution in [0.1, 0.15) is 24.9 Å². The first-order valence-electron chi connectivity index (χ1n) is 5.99. The number of hydrogen-bond acceptors (Lipinski definition) is 3. The molecule has 1 heterocycles. The number of halogens is 2. The number of nitrogens with one attached hydrogen (secondary N) is 1. The van der Waals surface area contributed by atoms with Crippen LogP contribution in [0, 0.1) is 11.6 Å². The lowest BCUT2D eigenvalue weighted by atomic mass is 10.0. The Balaban J connectivity index is 2.10. The van der Waals surface area contributed by atoms with Gasteiger partial charge in [0.25, 0.3) is 5.91 Å². The van der Waals surface area contributed by atoms with Crippen LogP contribution in [0.25, 0.3) is 0 Å². The van der Waals surface area contributed by atoms with Crippen molar-refractivity contribution in [2.24, 2.45) is 0 Å². The maximum Gasteiger partial charge on any atom is 0.253 e. The van der Waals surface area contributed by atoms with Crippen LogP contribution in [0.2, 0.25) is 0 Å². The summed E-state index contributed by atoms with van der Waals surface area (Å²) in [7, 11) is 0. The Bertz CT molecular complexity index is 490. The molecule has 104 valence electrons. The molecule has 1 amide bonds. The molecule has 1 saturated heterocycles. The van der Waals surface area contributed by atoms with Crippen LogP contribution in [0.5, 0.6) is 0 Å². The summed E-state index contributed by atoms with van der Waals surface area (Å²) in [6.45, 7) is 1.56. The quantitative estimate of drug-likeness (QED) is 0.894. The van der Waals surface area contributed by atoms with Gasteiger partial charge < -0.3 is 10.4 Å². The van der Waals surface area contributed by atoms with Crippen molar-refractivity contribution in [1.29, 1.82) is 0 Å². The highest BCUT2D eigenvalue weighted by Gasteiger charge is 2.40. The van der Waals surface area contributed by atoms with E-state index >= 15 is 0 Å². The minimum absolute atomic E-state index is 0.0719. The molecule has 0 aliphatic carbocycles. The predicted molar refractivity (Wildman–Crippen MR) is 69.8 cm³/mol. The second kappa shape index (κ2) is 5.46. The Kier molecular flexibility index (Phi) is 4.10. The number of thioether (sulfide) groups is 1. The van der Waals surface area contributed by atoms with E-state index in [1.54, 1.807) is 6.92 Å². The molecule has 6 heteroatoms. The Hall–Kier alpha value is -1.14. The van der Waals surface area contributed by atoms with E-state index in [2.05, 4.69) is 5.32 Å². The van der Waals surface area contributed by atoms with Crippen molar-refractivity contribution in [3.8, 4) is 0 Å². The molecule has 0 bridgehead atoms. The first-order valence-corrected chi connectivity index (χ1v) is 7.14. The van der Waals surface area contributed by atoms with Gasteiger partial charge in [-0.25, -0.2) is 8.78 Å². The fraction of sp³-hybridized carbons (Fsp3) is 0.462. The van der Waals surface area contributed by atoms with Crippen LogP contribution in [-0.2, 0) is 4.79 Å². The van der Waals surface area contributed by atoms with Crippen molar-refractivity contribution < 1.29 is 18.7 Å². The summed E-state index contributed by atoms with van der Waals surface area (Å²) in [6.07, 6.45) is 0.377. The summed E-state index contributed by atoms with van der Waals surface area (Å²) < 4.78 is 26.7. The molecule has 1 aromatic carbocycles. The lowest BCUT2D eigenvalue weighted by Crippen LogP contribution is -2.47. The summed E-state index contributed by atoms with van der Waals surface area (Å²) in [5.41, 5.74) is -1.33. The number of aliphatic hydroxyl groups is 1. The molecule has 3 nitrogen and oxygen atoms in total. The number of carbonyl (C=O) groups is 1. The van der Waals surface area contributed by atoms with Gasteiger partial charge in [-0.2, -0.15) is 11.8 Å². The highest BCUT2D eigenvalue weighted by molar-refractivity contribution is 7.99. The molecule has 2 rings (SSSR count). The van der Waals surface area contributed by atoms with Crippen molar-refractivity contribution >= 4 is 17.7 Å². The molecule has 0 aromatic heterocycles. The van der Waals surface area contributed by atoms with Gasteiger partial charge in [0.15, 0.2) is 17.2 Å². The second-order valence-corrected chi connectivity index (χ2v) is 5.78. The molecular formula is C13H15F2NO2S. The average Bonchev–Trinajstić information content (AvgIpc) is 2.81. The largest absolute Gasteiger partial charge is 0.379 e. The van der Waals surface area contributed by atoms with Gasteiger partial charge in [0.2, 0.25) is 0 Å². The minimum atomic E-state index is -1.40. The second-order valence-electron chi connectivity index (χ2n) is 4.67. The van der Waals surface area contributed by atoms with Crippen LogP contribution >= 0.6 is 11.8 Å². The van der Waals surface area contributed by atoms with Crippen LogP contribution < -0.4 is 5.32 Å². The van der Waals surface area contributed by atoms with Crippen molar-refractivity contribution in [3.63, 3.8) is 0 Å². The highest BCUT2D eigenvalue weighted by atomic mass is 32.2. The van der Waals surface area contributed by atoms with Crippen LogP contribution in [0.4, 0.5) is 8.78 Å². The standard InChI is InChI=1S/C13H15F2NO2S/c1-8(9-3-2-4-10(14)11(9)15)16-12(17)13(18)5-6-19-7-13/h2-4,8,18H,5-7H2,1H3,(H,16,17). The number of carbonyl (C=O) groups excluding carboxylic acids is 1. The number of rotatable bonds is 3. The molecule has 2 unspecified atom stereocenters. The van der Waals surface area contributed by atoms with E-state index < -0.39 is 29.2 Å². The van der Waals surface area contributed by atoms with Crippen LogP contribution in [-0.4, -0.2) is 28.1 Å². The van der Waals surface area contributed by atoms with Gasteiger partial charge in [0.1, 0.15) is 0 Å². The van der Waals surface area contributed by atoms with Gasteiger partial charge in [0.05, 0.1) is 6.04 Å².